The Morgan fingerprint density at radius 2 is 1.60 bits per heavy atom. The van der Waals surface area contributed by atoms with Crippen molar-refractivity contribution in [3.63, 3.8) is 0 Å². The number of hydrogen-bond acceptors (Lipinski definition) is 5. The number of carbonyl (C=O) groups is 1. The van der Waals surface area contributed by atoms with Gasteiger partial charge in [0.25, 0.3) is 0 Å². The molecule has 3 aromatic carbocycles. The summed E-state index contributed by atoms with van der Waals surface area (Å²) >= 11 is 1.43. The second-order valence-corrected chi connectivity index (χ2v) is 9.35. The fraction of sp³-hybridized carbons (Fsp3) is 0.250. The van der Waals surface area contributed by atoms with Gasteiger partial charge in [0.1, 0.15) is 5.75 Å². The molecule has 0 radical (unpaired) electrons. The summed E-state index contributed by atoms with van der Waals surface area (Å²) in [6.07, 6.45) is 0.839. The first-order valence-corrected chi connectivity index (χ1v) is 12.7. The van der Waals surface area contributed by atoms with Gasteiger partial charge in [-0.2, -0.15) is 0 Å². The summed E-state index contributed by atoms with van der Waals surface area (Å²) in [5.74, 6) is 1.89. The van der Waals surface area contributed by atoms with E-state index < -0.39 is 0 Å². The van der Waals surface area contributed by atoms with Crippen molar-refractivity contribution >= 4 is 23.4 Å². The predicted molar refractivity (Wildman–Crippen MR) is 142 cm³/mol. The minimum absolute atomic E-state index is 0.0415. The van der Waals surface area contributed by atoms with E-state index in [0.29, 0.717) is 6.54 Å². The van der Waals surface area contributed by atoms with Crippen molar-refractivity contribution in [1.29, 1.82) is 0 Å². The average molecular weight is 487 g/mol. The number of benzene rings is 3. The summed E-state index contributed by atoms with van der Waals surface area (Å²) in [5.41, 5.74) is 3.10. The molecule has 35 heavy (non-hydrogen) atoms. The van der Waals surface area contributed by atoms with Gasteiger partial charge in [-0.3, -0.25) is 4.79 Å². The molecular weight excluding hydrogens is 456 g/mol. The number of carbonyl (C=O) groups excluding carboxylic acids is 1. The number of methoxy groups -OCH3 is 1. The largest absolute Gasteiger partial charge is 0.497 e. The van der Waals surface area contributed by atoms with E-state index >= 15 is 0 Å². The Balaban J connectivity index is 1.57. The van der Waals surface area contributed by atoms with Crippen molar-refractivity contribution < 1.29 is 9.53 Å². The van der Waals surface area contributed by atoms with E-state index in [1.165, 1.54) is 17.3 Å². The number of ether oxygens (including phenoxy) is 1. The molecule has 0 atom stereocenters. The van der Waals surface area contributed by atoms with E-state index in [1.54, 1.807) is 7.11 Å². The molecule has 0 unspecified atom stereocenters. The van der Waals surface area contributed by atoms with Gasteiger partial charge < -0.3 is 14.2 Å². The lowest BCUT2D eigenvalue weighted by molar-refractivity contribution is -0.116. The highest BCUT2D eigenvalue weighted by molar-refractivity contribution is 7.99. The van der Waals surface area contributed by atoms with Gasteiger partial charge in [-0.15, -0.1) is 10.2 Å². The van der Waals surface area contributed by atoms with Crippen LogP contribution in [0.5, 0.6) is 5.75 Å². The highest BCUT2D eigenvalue weighted by atomic mass is 32.2. The Kier molecular flexibility index (Phi) is 8.21. The number of amides is 1. The van der Waals surface area contributed by atoms with Crippen molar-refractivity contribution in [3.8, 4) is 17.1 Å². The second kappa shape index (κ2) is 11.7. The average Bonchev–Trinajstić information content (AvgIpc) is 3.30. The molecule has 0 fully saturated rings. The lowest BCUT2D eigenvalue weighted by atomic mass is 10.1. The van der Waals surface area contributed by atoms with Gasteiger partial charge in [0.05, 0.1) is 12.9 Å². The smallest absolute Gasteiger partial charge is 0.237 e. The Bertz CT molecular complexity index is 1230. The van der Waals surface area contributed by atoms with Crippen molar-refractivity contribution in [3.05, 3.63) is 90.5 Å². The summed E-state index contributed by atoms with van der Waals surface area (Å²) in [6.45, 7) is 4.76. The van der Waals surface area contributed by atoms with Gasteiger partial charge in [0.15, 0.2) is 11.0 Å². The van der Waals surface area contributed by atoms with Crippen molar-refractivity contribution in [2.45, 2.75) is 38.0 Å². The maximum atomic E-state index is 13.2. The topological polar surface area (TPSA) is 60.3 Å². The molecule has 180 valence electrons. The van der Waals surface area contributed by atoms with E-state index in [2.05, 4.69) is 26.9 Å². The molecule has 7 heteroatoms. The van der Waals surface area contributed by atoms with E-state index in [4.69, 9.17) is 4.74 Å². The van der Waals surface area contributed by atoms with Gasteiger partial charge in [0, 0.05) is 23.8 Å². The zero-order valence-corrected chi connectivity index (χ0v) is 21.1. The van der Waals surface area contributed by atoms with E-state index in [-0.39, 0.29) is 17.7 Å². The van der Waals surface area contributed by atoms with Gasteiger partial charge in [-0.05, 0) is 62.2 Å². The summed E-state index contributed by atoms with van der Waals surface area (Å²) in [7, 11) is 1.65. The van der Waals surface area contributed by atoms with Crippen LogP contribution in [0, 0.1) is 0 Å². The number of para-hydroxylation sites is 1. The molecule has 0 saturated heterocycles. The minimum Gasteiger partial charge on any atom is -0.497 e. The molecule has 0 N–H and O–H groups in total. The third kappa shape index (κ3) is 6.11. The summed E-state index contributed by atoms with van der Waals surface area (Å²) in [6, 6.07) is 28.0. The minimum atomic E-state index is 0.0415. The Hall–Kier alpha value is -3.58. The quantitative estimate of drug-likeness (QED) is 0.268. The van der Waals surface area contributed by atoms with Crippen LogP contribution in [-0.4, -0.2) is 39.6 Å². The first-order valence-electron chi connectivity index (χ1n) is 11.7. The molecule has 0 aliphatic rings. The van der Waals surface area contributed by atoms with E-state index in [0.717, 1.165) is 34.4 Å². The van der Waals surface area contributed by atoms with Crippen LogP contribution in [0.15, 0.2) is 90.1 Å². The van der Waals surface area contributed by atoms with Crippen LogP contribution in [-0.2, 0) is 17.8 Å². The second-order valence-electron chi connectivity index (χ2n) is 8.40. The lowest BCUT2D eigenvalue weighted by Crippen LogP contribution is -2.38. The summed E-state index contributed by atoms with van der Waals surface area (Å²) in [5, 5.41) is 9.70. The van der Waals surface area contributed by atoms with Gasteiger partial charge in [0.2, 0.25) is 5.91 Å². The van der Waals surface area contributed by atoms with Gasteiger partial charge in [-0.1, -0.05) is 60.3 Å². The summed E-state index contributed by atoms with van der Waals surface area (Å²) in [4.78, 5) is 15.1. The predicted octanol–water partition coefficient (Wildman–Crippen LogP) is 5.73. The van der Waals surface area contributed by atoms with Crippen molar-refractivity contribution in [2.75, 3.05) is 17.8 Å². The van der Waals surface area contributed by atoms with E-state index in [1.807, 2.05) is 91.5 Å². The molecule has 0 aliphatic carbocycles. The van der Waals surface area contributed by atoms with Crippen LogP contribution in [0.3, 0.4) is 0 Å². The number of aromatic nitrogens is 3. The lowest BCUT2D eigenvalue weighted by Gasteiger charge is -2.26. The molecule has 4 rings (SSSR count). The fourth-order valence-corrected chi connectivity index (χ4v) is 4.77. The number of aryl methyl sites for hydroxylation is 1. The van der Waals surface area contributed by atoms with Crippen molar-refractivity contribution in [1.82, 2.24) is 14.8 Å². The fourth-order valence-electron chi connectivity index (χ4n) is 3.95. The molecule has 4 aromatic rings. The van der Waals surface area contributed by atoms with Crippen LogP contribution in [0.1, 0.15) is 19.4 Å². The molecule has 1 aromatic heterocycles. The van der Waals surface area contributed by atoms with Gasteiger partial charge in [-0.25, -0.2) is 0 Å². The van der Waals surface area contributed by atoms with Crippen LogP contribution >= 0.6 is 11.8 Å². The number of hydrogen-bond donors (Lipinski definition) is 0. The molecule has 6 nitrogen and oxygen atoms in total. The standard InChI is InChI=1S/C28H30N4O2S/c1-21(2)32(24-12-8-5-9-13-24)26(33)20-35-28-30-29-27(23-14-16-25(34-3)17-15-23)31(28)19-18-22-10-6-4-7-11-22/h4-17,21H,18-20H2,1-3H3. The highest BCUT2D eigenvalue weighted by Gasteiger charge is 2.21. The van der Waals surface area contributed by atoms with Crippen LogP contribution in [0.25, 0.3) is 11.4 Å². The Labute approximate surface area is 211 Å². The summed E-state index contributed by atoms with van der Waals surface area (Å²) < 4.78 is 7.41. The first kappa shape index (κ1) is 24.5. The number of nitrogens with zero attached hydrogens (tertiary/aromatic N) is 4. The Morgan fingerprint density at radius 3 is 2.23 bits per heavy atom. The van der Waals surface area contributed by atoms with E-state index in [9.17, 15) is 4.79 Å². The normalized spacial score (nSPS) is 11.0. The zero-order chi connectivity index (χ0) is 24.6. The molecule has 0 bridgehead atoms. The molecule has 1 amide bonds. The molecule has 0 spiro atoms. The molecule has 1 heterocycles. The van der Waals surface area contributed by atoms with Crippen LogP contribution in [0.2, 0.25) is 0 Å². The maximum Gasteiger partial charge on any atom is 0.237 e. The first-order chi connectivity index (χ1) is 17.1. The molecule has 0 aliphatic heterocycles. The molecular formula is C28H30N4O2S. The number of rotatable bonds is 10. The number of thioether (sulfide) groups is 1. The highest BCUT2D eigenvalue weighted by Crippen LogP contribution is 2.27. The van der Waals surface area contributed by atoms with Crippen LogP contribution < -0.4 is 9.64 Å². The third-order valence-electron chi connectivity index (χ3n) is 5.68. The monoisotopic (exact) mass is 486 g/mol. The SMILES string of the molecule is COc1ccc(-c2nnc(SCC(=O)N(c3ccccc3)C(C)C)n2CCc2ccccc2)cc1. The maximum absolute atomic E-state index is 13.2. The zero-order valence-electron chi connectivity index (χ0n) is 20.3. The molecule has 0 saturated carbocycles. The number of anilines is 1. The third-order valence-corrected chi connectivity index (χ3v) is 6.63. The van der Waals surface area contributed by atoms with Gasteiger partial charge >= 0.3 is 0 Å². The Morgan fingerprint density at radius 1 is 0.943 bits per heavy atom. The van der Waals surface area contributed by atoms with Crippen LogP contribution in [0.4, 0.5) is 5.69 Å². The van der Waals surface area contributed by atoms with Crippen molar-refractivity contribution in [2.24, 2.45) is 0 Å².